The summed E-state index contributed by atoms with van der Waals surface area (Å²) >= 11 is 0. The Kier molecular flexibility index (Phi) is 12.0. The quantitative estimate of drug-likeness (QED) is 0.467. The van der Waals surface area contributed by atoms with Gasteiger partial charge in [0.15, 0.2) is 0 Å². The number of fused-ring (bicyclic) bond motifs is 1. The van der Waals surface area contributed by atoms with Gasteiger partial charge >= 0.3 is 0 Å². The topological polar surface area (TPSA) is 124 Å². The minimum Gasteiger partial charge on any atom is -0.491 e. The lowest BCUT2D eigenvalue weighted by atomic mass is 9.73. The van der Waals surface area contributed by atoms with E-state index in [-0.39, 0.29) is 23.8 Å². The number of pyridine rings is 1. The number of nitrogens with one attached hydrogen (secondary N) is 2. The van der Waals surface area contributed by atoms with Gasteiger partial charge in [0.2, 0.25) is 21.8 Å². The number of piperidine rings is 1. The van der Waals surface area contributed by atoms with Gasteiger partial charge in [0.1, 0.15) is 12.4 Å². The molecule has 1 unspecified atom stereocenters. The summed E-state index contributed by atoms with van der Waals surface area (Å²) in [7, 11) is -3.43. The number of hydrogen-bond donors (Lipinski definition) is 2. The van der Waals surface area contributed by atoms with Crippen molar-refractivity contribution in [3.8, 4) is 5.75 Å². The summed E-state index contributed by atoms with van der Waals surface area (Å²) in [6, 6.07) is 12.1. The molecule has 0 saturated carbocycles. The van der Waals surface area contributed by atoms with Gasteiger partial charge in [-0.1, -0.05) is 37.1 Å². The lowest BCUT2D eigenvalue weighted by molar-refractivity contribution is -0.134. The molecule has 12 heteroatoms. The summed E-state index contributed by atoms with van der Waals surface area (Å²) in [6.07, 6.45) is 11.4. The maximum Gasteiger partial charge on any atom is 0.226 e. The Bertz CT molecular complexity index is 1400. The predicted octanol–water partition coefficient (Wildman–Crippen LogP) is 2.29. The molecule has 3 aliphatic heterocycles. The Labute approximate surface area is 274 Å². The van der Waals surface area contributed by atoms with E-state index in [1.807, 2.05) is 24.3 Å². The Morgan fingerprint density at radius 1 is 1.02 bits per heavy atom. The van der Waals surface area contributed by atoms with Gasteiger partial charge in [-0.15, -0.1) is 0 Å². The molecule has 5 rings (SSSR count). The van der Waals surface area contributed by atoms with Crippen molar-refractivity contribution in [3.63, 3.8) is 0 Å². The van der Waals surface area contributed by atoms with E-state index >= 15 is 0 Å². The number of ether oxygens (including phenoxy) is 1. The number of carbonyl (C=O) groups excluding carboxylic acids is 2. The summed E-state index contributed by atoms with van der Waals surface area (Å²) in [6.45, 7) is 5.88. The van der Waals surface area contributed by atoms with E-state index in [1.54, 1.807) is 12.4 Å². The van der Waals surface area contributed by atoms with Gasteiger partial charge in [0.25, 0.3) is 0 Å². The SMILES string of the molecule is CS(=O)(=O)N1CCN(Cc2cccnc2)CC(C(=O)NCCN2CCC3(CCCCCc4ccccc4OCCNC3=O)CC2)C1. The van der Waals surface area contributed by atoms with Crippen LogP contribution in [-0.2, 0) is 32.6 Å². The van der Waals surface area contributed by atoms with Gasteiger partial charge in [0.05, 0.1) is 24.1 Å². The molecule has 0 aliphatic carbocycles. The van der Waals surface area contributed by atoms with E-state index < -0.39 is 15.9 Å². The zero-order chi connectivity index (χ0) is 32.4. The molecule has 1 aromatic heterocycles. The molecule has 4 heterocycles. The molecular formula is C34H50N6O5S. The van der Waals surface area contributed by atoms with Crippen molar-refractivity contribution < 1.29 is 22.7 Å². The minimum absolute atomic E-state index is 0.126. The third-order valence-corrected chi connectivity index (χ3v) is 11.0. The van der Waals surface area contributed by atoms with Gasteiger partial charge in [-0.3, -0.25) is 19.5 Å². The first-order valence-electron chi connectivity index (χ1n) is 16.8. The van der Waals surface area contributed by atoms with Crippen LogP contribution in [0.25, 0.3) is 0 Å². The fourth-order valence-electron chi connectivity index (χ4n) is 7.01. The van der Waals surface area contributed by atoms with E-state index in [4.69, 9.17) is 4.74 Å². The van der Waals surface area contributed by atoms with Gasteiger partial charge in [-0.2, -0.15) is 0 Å². The van der Waals surface area contributed by atoms with E-state index in [1.165, 1.54) is 16.1 Å². The number of likely N-dealkylation sites (tertiary alicyclic amines) is 1. The van der Waals surface area contributed by atoms with Crippen molar-refractivity contribution in [1.29, 1.82) is 0 Å². The number of aryl methyl sites for hydroxylation is 1. The lowest BCUT2D eigenvalue weighted by Crippen LogP contribution is -2.51. The smallest absolute Gasteiger partial charge is 0.226 e. The normalized spacial score (nSPS) is 22.6. The average molecular weight is 655 g/mol. The molecule has 11 nitrogen and oxygen atoms in total. The summed E-state index contributed by atoms with van der Waals surface area (Å²) in [5, 5.41) is 6.26. The number of aromatic nitrogens is 1. The van der Waals surface area contributed by atoms with Crippen LogP contribution in [-0.4, -0.2) is 111 Å². The third kappa shape index (κ3) is 9.49. The molecule has 1 spiro atoms. The molecular weight excluding hydrogens is 604 g/mol. The van der Waals surface area contributed by atoms with Crippen molar-refractivity contribution in [2.75, 3.05) is 71.8 Å². The van der Waals surface area contributed by atoms with Crippen LogP contribution in [0.4, 0.5) is 0 Å². The van der Waals surface area contributed by atoms with E-state index in [0.29, 0.717) is 52.4 Å². The molecule has 2 aromatic rings. The Morgan fingerprint density at radius 2 is 1.85 bits per heavy atom. The number of rotatable bonds is 7. The van der Waals surface area contributed by atoms with Crippen molar-refractivity contribution in [2.24, 2.45) is 11.3 Å². The molecule has 2 fully saturated rings. The summed E-state index contributed by atoms with van der Waals surface area (Å²) in [5.74, 6) is 0.453. The van der Waals surface area contributed by atoms with Gasteiger partial charge in [0, 0.05) is 58.2 Å². The van der Waals surface area contributed by atoms with Crippen LogP contribution in [0.2, 0.25) is 0 Å². The number of hydrogen-bond acceptors (Lipinski definition) is 8. The van der Waals surface area contributed by atoms with Crippen LogP contribution in [0.1, 0.15) is 49.7 Å². The fraction of sp³-hybridized carbons (Fsp3) is 0.618. The average Bonchev–Trinajstić information content (AvgIpc) is 3.27. The van der Waals surface area contributed by atoms with Crippen LogP contribution in [0.5, 0.6) is 5.75 Å². The summed E-state index contributed by atoms with van der Waals surface area (Å²) in [4.78, 5) is 35.5. The number of nitrogens with zero attached hydrogens (tertiary/aromatic N) is 4. The van der Waals surface area contributed by atoms with Crippen LogP contribution >= 0.6 is 0 Å². The molecule has 252 valence electrons. The molecule has 1 atom stereocenters. The molecule has 3 aliphatic rings. The highest BCUT2D eigenvalue weighted by Gasteiger charge is 2.40. The van der Waals surface area contributed by atoms with Gasteiger partial charge < -0.3 is 20.3 Å². The zero-order valence-electron chi connectivity index (χ0n) is 27.2. The number of sulfonamides is 1. The highest BCUT2D eigenvalue weighted by Crippen LogP contribution is 2.37. The first kappa shape index (κ1) is 34.3. The molecule has 2 saturated heterocycles. The van der Waals surface area contributed by atoms with Crippen LogP contribution in [0.3, 0.4) is 0 Å². The standard InChI is InChI=1S/C34H50N6O5S/c1-46(43,44)40-22-21-39(25-28-8-7-15-35-24-28)26-30(27-40)32(41)36-16-20-38-18-13-34(14-19-38)12-6-2-3-9-29-10-4-5-11-31(29)45-23-17-37-33(34)42/h4-5,7-8,10-11,15,24,30H,2-3,6,9,12-14,16-23,25-27H2,1H3,(H,36,41)(H,37,42). The van der Waals surface area contributed by atoms with E-state index in [0.717, 1.165) is 69.3 Å². The maximum atomic E-state index is 13.5. The highest BCUT2D eigenvalue weighted by molar-refractivity contribution is 7.88. The largest absolute Gasteiger partial charge is 0.491 e. The minimum atomic E-state index is -3.43. The van der Waals surface area contributed by atoms with Crippen molar-refractivity contribution in [1.82, 2.24) is 29.7 Å². The maximum absolute atomic E-state index is 13.5. The number of benzene rings is 1. The monoisotopic (exact) mass is 654 g/mol. The van der Waals surface area contributed by atoms with Crippen LogP contribution in [0, 0.1) is 11.3 Å². The molecule has 0 radical (unpaired) electrons. The first-order valence-corrected chi connectivity index (χ1v) is 18.6. The molecule has 2 N–H and O–H groups in total. The predicted molar refractivity (Wildman–Crippen MR) is 178 cm³/mol. The second-order valence-corrected chi connectivity index (χ2v) is 15.1. The second-order valence-electron chi connectivity index (χ2n) is 13.1. The Balaban J connectivity index is 1.11. The zero-order valence-corrected chi connectivity index (χ0v) is 28.0. The van der Waals surface area contributed by atoms with Crippen LogP contribution in [0.15, 0.2) is 48.8 Å². The van der Waals surface area contributed by atoms with Gasteiger partial charge in [-0.25, -0.2) is 12.7 Å². The summed E-state index contributed by atoms with van der Waals surface area (Å²) < 4.78 is 32.3. The third-order valence-electron chi connectivity index (χ3n) is 9.78. The van der Waals surface area contributed by atoms with Gasteiger partial charge in [-0.05, 0) is 68.5 Å². The Hall–Kier alpha value is -3.06. The number of carbonyl (C=O) groups is 2. The first-order chi connectivity index (χ1) is 22.2. The highest BCUT2D eigenvalue weighted by atomic mass is 32.2. The molecule has 46 heavy (non-hydrogen) atoms. The fourth-order valence-corrected chi connectivity index (χ4v) is 7.87. The van der Waals surface area contributed by atoms with Crippen molar-refractivity contribution in [3.05, 3.63) is 59.9 Å². The van der Waals surface area contributed by atoms with Crippen LogP contribution < -0.4 is 15.4 Å². The van der Waals surface area contributed by atoms with Crippen molar-refractivity contribution >= 4 is 21.8 Å². The summed E-state index contributed by atoms with van der Waals surface area (Å²) in [5.41, 5.74) is 1.90. The van der Waals surface area contributed by atoms with Crippen molar-refractivity contribution in [2.45, 2.75) is 51.5 Å². The molecule has 1 aromatic carbocycles. The lowest BCUT2D eigenvalue weighted by Gasteiger charge is -2.41. The molecule has 0 bridgehead atoms. The second kappa shape index (κ2) is 16.2. The van der Waals surface area contributed by atoms with E-state index in [2.05, 4.69) is 37.6 Å². The Morgan fingerprint density at radius 3 is 2.63 bits per heavy atom. The number of para-hydroxylation sites is 1. The number of amides is 2. The molecule has 2 amide bonds. The van der Waals surface area contributed by atoms with E-state index in [9.17, 15) is 18.0 Å².